The number of aliphatic carboxylic acids is 1. The van der Waals surface area contributed by atoms with Crippen LogP contribution in [0.5, 0.6) is 11.5 Å². The first-order valence-corrected chi connectivity index (χ1v) is 35.8. The smallest absolute Gasteiger partial charge is 0.303 e. The van der Waals surface area contributed by atoms with Gasteiger partial charge >= 0.3 is 5.97 Å². The number of hydrogen-bond acceptors (Lipinski definition) is 19. The van der Waals surface area contributed by atoms with Crippen LogP contribution in [0.4, 0.5) is 0 Å². The molecule has 1 aliphatic carbocycles. The number of methoxy groups -OCH3 is 1. The van der Waals surface area contributed by atoms with Crippen molar-refractivity contribution in [3.8, 4) is 11.5 Å². The second-order valence-electron chi connectivity index (χ2n) is 24.9. The van der Waals surface area contributed by atoms with E-state index < -0.39 is 138 Å². The average Bonchev–Trinajstić information content (AvgIpc) is 1.49. The second kappa shape index (κ2) is 38.4. The van der Waals surface area contributed by atoms with E-state index >= 15 is 9.59 Å². The minimum atomic E-state index is -1.63. The number of aromatic hydroxyl groups is 2. The maximum atomic E-state index is 15.3. The van der Waals surface area contributed by atoms with Crippen LogP contribution in [-0.4, -0.2) is 201 Å². The van der Waals surface area contributed by atoms with Gasteiger partial charge in [-0.2, -0.15) is 0 Å². The molecule has 0 spiro atoms. The Kier molecular flexibility index (Phi) is 30.0. The van der Waals surface area contributed by atoms with Crippen LogP contribution in [0.2, 0.25) is 0 Å². The number of carbonyl (C=O) groups is 12. The number of H-pyrrole nitrogens is 1. The van der Waals surface area contributed by atoms with E-state index in [0.717, 1.165) is 32.5 Å². The minimum absolute atomic E-state index is 0.0272. The Morgan fingerprint density at radius 2 is 1.32 bits per heavy atom. The number of amides is 11. The molecular weight excluding hydrogens is 1320 g/mol. The summed E-state index contributed by atoms with van der Waals surface area (Å²) in [6.07, 6.45) is 3.89. The molecule has 538 valence electrons. The number of primary amides is 1. The van der Waals surface area contributed by atoms with Crippen molar-refractivity contribution >= 4 is 103 Å². The fourth-order valence-electron chi connectivity index (χ4n) is 12.0. The number of nitrogens with one attached hydrogen (secondary N) is 10. The van der Waals surface area contributed by atoms with E-state index in [1.165, 1.54) is 60.5 Å². The molecule has 3 aliphatic rings. The van der Waals surface area contributed by atoms with E-state index in [-0.39, 0.29) is 113 Å². The number of likely N-dealkylation sites (tertiary alicyclic amines) is 1. The Balaban J connectivity index is 1.24. The number of nitrogens with two attached hydrogens (primary N) is 3. The summed E-state index contributed by atoms with van der Waals surface area (Å²) in [6, 6.07) is 6.19. The van der Waals surface area contributed by atoms with Crippen molar-refractivity contribution < 1.29 is 77.6 Å². The number of aromatic nitrogens is 1. The summed E-state index contributed by atoms with van der Waals surface area (Å²) >= 11 is 0. The predicted octanol–water partition coefficient (Wildman–Crippen LogP) is -0.0550. The van der Waals surface area contributed by atoms with Gasteiger partial charge in [0, 0.05) is 93.9 Å². The first kappa shape index (κ1) is 77.4. The summed E-state index contributed by atoms with van der Waals surface area (Å²) in [4.78, 5) is 174. The SMILES string of the molecule is COC1([C@@H]2NC(=O)[C@@H](NC(=O)[C@H](Cc3ccc(O)cc3)NC(=O)[C@@H]3CCCN3C(=O)CCN)CSSC[C@@H](C(N)=O)NC(=O)[C@H](CCC(=O)O)NC(=O)[C@H](Cc3c[nH]c4ccccc34)NC(=O)CCCCCNC(=O)[C@H](CCCCN)NC(=O)[C@H](Cc3ccc(O)cc3)NC2=O)CCC1. The number of carbonyl (C=O) groups excluding carboxylic acids is 11. The summed E-state index contributed by atoms with van der Waals surface area (Å²) in [5, 5.41) is 55.6. The Labute approximate surface area is 580 Å². The van der Waals surface area contributed by atoms with Gasteiger partial charge in [0.1, 0.15) is 65.9 Å². The van der Waals surface area contributed by atoms with Crippen LogP contribution in [0, 0.1) is 0 Å². The summed E-state index contributed by atoms with van der Waals surface area (Å²) in [5.41, 5.74) is 18.3. The van der Waals surface area contributed by atoms with E-state index in [2.05, 4.69) is 52.8 Å². The molecule has 2 saturated heterocycles. The fourth-order valence-corrected chi connectivity index (χ4v) is 14.4. The second-order valence-corrected chi connectivity index (χ2v) is 27.5. The summed E-state index contributed by atoms with van der Waals surface area (Å²) in [7, 11) is 3.15. The lowest BCUT2D eigenvalue weighted by Crippen LogP contribution is -2.68. The first-order chi connectivity index (χ1) is 47.5. The molecule has 3 aromatic carbocycles. The number of phenols is 2. The minimum Gasteiger partial charge on any atom is -0.508 e. The lowest BCUT2D eigenvalue weighted by Gasteiger charge is -2.46. The number of rotatable bonds is 22. The molecule has 0 radical (unpaired) electrons. The van der Waals surface area contributed by atoms with Crippen molar-refractivity contribution in [3.05, 3.63) is 95.7 Å². The van der Waals surface area contributed by atoms with Gasteiger partial charge in [-0.15, -0.1) is 0 Å². The predicted molar refractivity (Wildman–Crippen MR) is 368 cm³/mol. The molecule has 1 aromatic heterocycles. The Morgan fingerprint density at radius 1 is 0.677 bits per heavy atom. The summed E-state index contributed by atoms with van der Waals surface area (Å²) in [6.45, 7) is 0.685. The van der Waals surface area contributed by atoms with Crippen LogP contribution >= 0.6 is 21.6 Å². The van der Waals surface area contributed by atoms with Crippen molar-refractivity contribution in [2.24, 2.45) is 17.2 Å². The number of aromatic amines is 1. The zero-order chi connectivity index (χ0) is 71.6. The molecule has 11 amide bonds. The molecular formula is C67H92N14O16S2. The zero-order valence-corrected chi connectivity index (χ0v) is 56.9. The van der Waals surface area contributed by atoms with E-state index in [1.807, 2.05) is 18.2 Å². The molecule has 0 bridgehead atoms. The number of benzene rings is 3. The number of fused-ring (bicyclic) bond motifs is 1. The van der Waals surface area contributed by atoms with Crippen molar-refractivity contribution in [3.63, 3.8) is 0 Å². The van der Waals surface area contributed by atoms with Crippen LogP contribution in [0.15, 0.2) is 79.0 Å². The lowest BCUT2D eigenvalue weighted by atomic mass is 9.73. The third kappa shape index (κ3) is 23.0. The highest BCUT2D eigenvalue weighted by atomic mass is 33.1. The summed E-state index contributed by atoms with van der Waals surface area (Å²) in [5.74, 6) is -10.8. The molecule has 3 heterocycles. The molecule has 1 saturated carbocycles. The highest BCUT2D eigenvalue weighted by Crippen LogP contribution is 2.39. The summed E-state index contributed by atoms with van der Waals surface area (Å²) < 4.78 is 6.03. The Morgan fingerprint density at radius 3 is 1.97 bits per heavy atom. The van der Waals surface area contributed by atoms with Crippen molar-refractivity contribution in [1.29, 1.82) is 0 Å². The standard InChI is InChI=1S/C67H92N14O16S2/c1-97-67(27-10-28-67)57-66(96)77-49(34-40-18-22-43(83)23-19-40)61(91)74-46(13-6-7-29-68)59(89)71-31-8-2-3-15-54(84)73-50(35-41-36-72-45-12-5-4-11-44(41)45)63(93)75-47(24-25-56(86)87)60(90)78-51(58(70)88)37-98-99-38-52(64(94)80-57)79-62(92)48(33-39-16-20-42(82)21-17-39)76-65(95)53-14-9-32-81(53)55(85)26-30-69/h4-5,11-12,16-23,36,46-53,57,72,82-83H,2-3,6-10,13-15,24-35,37-38,68-69H2,1H3,(H2,70,88)(H,71,89)(H,73,84)(H,74,91)(H,75,93)(H,76,95)(H,77,96)(H,78,90)(H,79,92)(H,80,94)(H,86,87)/t46-,47-,48-,49-,50-,51-,52-,53-,57+/m0/s1. The topological polar surface area (TPSA) is 480 Å². The van der Waals surface area contributed by atoms with Gasteiger partial charge in [-0.3, -0.25) is 57.5 Å². The zero-order valence-electron chi connectivity index (χ0n) is 55.3. The van der Waals surface area contributed by atoms with Crippen LogP contribution < -0.4 is 65.1 Å². The fraction of sp³-hybridized carbons (Fsp3) is 0.522. The normalized spacial score (nSPS) is 23.3. The van der Waals surface area contributed by atoms with E-state index in [1.54, 1.807) is 12.3 Å². The molecule has 3 fully saturated rings. The van der Waals surface area contributed by atoms with Crippen molar-refractivity contribution in [2.75, 3.05) is 44.8 Å². The number of para-hydroxylation sites is 1. The van der Waals surface area contributed by atoms with Crippen molar-refractivity contribution in [2.45, 2.75) is 176 Å². The third-order valence-electron chi connectivity index (χ3n) is 17.8. The number of carboxylic acids is 1. The van der Waals surface area contributed by atoms with Gasteiger partial charge in [-0.25, -0.2) is 0 Å². The highest BCUT2D eigenvalue weighted by Gasteiger charge is 2.50. The number of hydrogen-bond donors (Lipinski definition) is 16. The van der Waals surface area contributed by atoms with Gasteiger partial charge in [-0.05, 0) is 124 Å². The van der Waals surface area contributed by atoms with Gasteiger partial charge in [0.15, 0.2) is 0 Å². The molecule has 2 aliphatic heterocycles. The molecule has 99 heavy (non-hydrogen) atoms. The Hall–Kier alpha value is -8.98. The first-order valence-electron chi connectivity index (χ1n) is 33.3. The molecule has 7 rings (SSSR count). The number of phenolic OH excluding ortho intramolecular Hbond substituents is 2. The quantitative estimate of drug-likeness (QED) is 0.0362. The third-order valence-corrected chi connectivity index (χ3v) is 20.2. The molecule has 9 atom stereocenters. The van der Waals surface area contributed by atoms with Gasteiger partial charge in [0.2, 0.25) is 65.0 Å². The molecule has 32 heteroatoms. The van der Waals surface area contributed by atoms with Gasteiger partial charge in [-0.1, -0.05) is 70.5 Å². The Bertz CT molecular complexity index is 3460. The van der Waals surface area contributed by atoms with Crippen molar-refractivity contribution in [1.82, 2.24) is 57.7 Å². The van der Waals surface area contributed by atoms with Gasteiger partial charge in [0.25, 0.3) is 0 Å². The molecule has 19 N–H and O–H groups in total. The van der Waals surface area contributed by atoms with E-state index in [0.29, 0.717) is 61.6 Å². The average molecular weight is 1410 g/mol. The monoisotopic (exact) mass is 1410 g/mol. The van der Waals surface area contributed by atoms with Gasteiger partial charge < -0.3 is 95.0 Å². The number of carboxylic acid groups (broad SMARTS) is 1. The van der Waals surface area contributed by atoms with Crippen LogP contribution in [0.3, 0.4) is 0 Å². The van der Waals surface area contributed by atoms with Gasteiger partial charge in [0.05, 0.1) is 5.60 Å². The molecule has 4 aromatic rings. The number of unbranched alkanes of at least 4 members (excludes halogenated alkanes) is 1. The number of nitrogens with zero attached hydrogens (tertiary/aromatic N) is 1. The van der Waals surface area contributed by atoms with E-state index in [9.17, 15) is 63.3 Å². The largest absolute Gasteiger partial charge is 0.508 e. The molecule has 30 nitrogen and oxygen atoms in total. The van der Waals surface area contributed by atoms with Crippen LogP contribution in [0.25, 0.3) is 10.9 Å². The van der Waals surface area contributed by atoms with Crippen LogP contribution in [0.1, 0.15) is 113 Å². The maximum Gasteiger partial charge on any atom is 0.303 e. The maximum absolute atomic E-state index is 15.3. The highest BCUT2D eigenvalue weighted by molar-refractivity contribution is 8.76. The lowest BCUT2D eigenvalue weighted by molar-refractivity contribution is -0.150. The van der Waals surface area contributed by atoms with E-state index in [4.69, 9.17) is 21.9 Å². The molecule has 0 unspecified atom stereocenters. The number of ether oxygens (including phenoxy) is 1. The van der Waals surface area contributed by atoms with Crippen LogP contribution in [-0.2, 0) is 81.5 Å².